The van der Waals surface area contributed by atoms with Crippen molar-refractivity contribution < 1.29 is 9.84 Å². The molecule has 3 fully saturated rings. The van der Waals surface area contributed by atoms with Crippen LogP contribution in [0.4, 0.5) is 0 Å². The zero-order chi connectivity index (χ0) is 13.8. The van der Waals surface area contributed by atoms with E-state index < -0.39 is 0 Å². The third-order valence-corrected chi connectivity index (χ3v) is 5.49. The molecule has 1 saturated heterocycles. The molecule has 110 valence electrons. The second-order valence-electron chi connectivity index (χ2n) is 7.93. The predicted molar refractivity (Wildman–Crippen MR) is 76.0 cm³/mol. The molecular weight excluding hydrogens is 238 g/mol. The van der Waals surface area contributed by atoms with Crippen LogP contribution in [0.15, 0.2) is 0 Å². The molecule has 2 bridgehead atoms. The van der Waals surface area contributed by atoms with Crippen molar-refractivity contribution in [1.29, 1.82) is 0 Å². The van der Waals surface area contributed by atoms with E-state index in [0.717, 1.165) is 18.9 Å². The fourth-order valence-electron chi connectivity index (χ4n) is 4.85. The summed E-state index contributed by atoms with van der Waals surface area (Å²) in [6, 6.07) is 0.421. The molecule has 0 aromatic heterocycles. The Kier molecular flexibility index (Phi) is 3.43. The predicted octanol–water partition coefficient (Wildman–Crippen LogP) is 2.28. The van der Waals surface area contributed by atoms with Gasteiger partial charge < -0.3 is 14.7 Å². The van der Waals surface area contributed by atoms with E-state index in [9.17, 15) is 5.11 Å². The number of hydrogen-bond acceptors (Lipinski definition) is 3. The molecule has 19 heavy (non-hydrogen) atoms. The van der Waals surface area contributed by atoms with Gasteiger partial charge in [-0.25, -0.2) is 0 Å². The number of fused-ring (bicyclic) bond motifs is 2. The standard InChI is InChI=1S/C16H29NO2/c1-16(2,3)19-12-7-8-17(4)14(12)13-10-5-6-11(9-10)15(13)18/h10-15,18H,5-9H2,1-4H3/t10-,11+,12-,13-,14-,15+/m0/s1. The number of nitrogens with zero attached hydrogens (tertiary/aromatic N) is 1. The number of likely N-dealkylation sites (tertiary alicyclic amines) is 1. The summed E-state index contributed by atoms with van der Waals surface area (Å²) >= 11 is 0. The molecule has 0 aromatic rings. The second kappa shape index (κ2) is 4.71. The van der Waals surface area contributed by atoms with Crippen LogP contribution in [0.3, 0.4) is 0 Å². The molecule has 1 heterocycles. The Hall–Kier alpha value is -0.120. The van der Waals surface area contributed by atoms with Gasteiger partial charge in [0.1, 0.15) is 0 Å². The monoisotopic (exact) mass is 267 g/mol. The number of ether oxygens (including phenoxy) is 1. The van der Waals surface area contributed by atoms with Gasteiger partial charge in [-0.3, -0.25) is 0 Å². The van der Waals surface area contributed by atoms with Crippen molar-refractivity contribution in [3.05, 3.63) is 0 Å². The maximum absolute atomic E-state index is 10.6. The van der Waals surface area contributed by atoms with Gasteiger partial charge >= 0.3 is 0 Å². The number of hydrogen-bond donors (Lipinski definition) is 1. The van der Waals surface area contributed by atoms with E-state index in [2.05, 4.69) is 32.7 Å². The maximum Gasteiger partial charge on any atom is 0.0753 e. The van der Waals surface area contributed by atoms with E-state index in [-0.39, 0.29) is 11.7 Å². The Morgan fingerprint density at radius 2 is 1.79 bits per heavy atom. The first-order valence-electron chi connectivity index (χ1n) is 7.93. The molecule has 0 amide bonds. The van der Waals surface area contributed by atoms with Gasteiger partial charge in [-0.05, 0) is 65.3 Å². The Labute approximate surface area is 117 Å². The Morgan fingerprint density at radius 3 is 2.37 bits per heavy atom. The van der Waals surface area contributed by atoms with Crippen LogP contribution >= 0.6 is 0 Å². The van der Waals surface area contributed by atoms with Crippen LogP contribution in [0.2, 0.25) is 0 Å². The lowest BCUT2D eigenvalue weighted by atomic mass is 9.79. The molecule has 3 aliphatic rings. The molecule has 2 aliphatic carbocycles. The minimum absolute atomic E-state index is 0.0866. The van der Waals surface area contributed by atoms with Gasteiger partial charge in [0.25, 0.3) is 0 Å². The Bertz CT molecular complexity index is 336. The normalized spacial score (nSPS) is 47.2. The maximum atomic E-state index is 10.6. The van der Waals surface area contributed by atoms with Gasteiger partial charge in [0.05, 0.1) is 17.8 Å². The van der Waals surface area contributed by atoms with E-state index in [1.54, 1.807) is 0 Å². The fraction of sp³-hybridized carbons (Fsp3) is 1.00. The summed E-state index contributed by atoms with van der Waals surface area (Å²) in [6.45, 7) is 7.52. The SMILES string of the molecule is CN1CC[C@H](OC(C)(C)C)[C@H]1[C@@H]1[C@H]2CC[C@H](C2)[C@H]1O. The van der Waals surface area contributed by atoms with E-state index in [1.165, 1.54) is 19.3 Å². The number of aliphatic hydroxyl groups excluding tert-OH is 1. The van der Waals surface area contributed by atoms with Gasteiger partial charge in [-0.15, -0.1) is 0 Å². The minimum Gasteiger partial charge on any atom is -0.392 e. The first-order chi connectivity index (χ1) is 8.87. The molecule has 6 atom stereocenters. The first kappa shape index (κ1) is 13.8. The minimum atomic E-state index is -0.0876. The van der Waals surface area contributed by atoms with Crippen molar-refractivity contribution in [2.24, 2.45) is 17.8 Å². The van der Waals surface area contributed by atoms with Crippen LogP contribution in [0.25, 0.3) is 0 Å². The van der Waals surface area contributed by atoms with Crippen LogP contribution in [0.5, 0.6) is 0 Å². The van der Waals surface area contributed by atoms with Gasteiger partial charge in [0.15, 0.2) is 0 Å². The molecule has 3 heteroatoms. The molecule has 3 rings (SSSR count). The van der Waals surface area contributed by atoms with Crippen LogP contribution in [-0.2, 0) is 4.74 Å². The zero-order valence-corrected chi connectivity index (χ0v) is 12.8. The van der Waals surface area contributed by atoms with E-state index in [4.69, 9.17) is 4.74 Å². The van der Waals surface area contributed by atoms with Gasteiger partial charge in [0.2, 0.25) is 0 Å². The lowest BCUT2D eigenvalue weighted by Crippen LogP contribution is -2.49. The average Bonchev–Trinajstić information content (AvgIpc) is 2.94. The topological polar surface area (TPSA) is 32.7 Å². The van der Waals surface area contributed by atoms with Crippen LogP contribution in [0.1, 0.15) is 46.5 Å². The van der Waals surface area contributed by atoms with Crippen molar-refractivity contribution in [2.75, 3.05) is 13.6 Å². The Balaban J connectivity index is 1.77. The van der Waals surface area contributed by atoms with Crippen LogP contribution < -0.4 is 0 Å². The van der Waals surface area contributed by atoms with Crippen molar-refractivity contribution in [2.45, 2.75) is 70.3 Å². The number of aliphatic hydroxyl groups is 1. The highest BCUT2D eigenvalue weighted by Crippen LogP contribution is 2.52. The summed E-state index contributed by atoms with van der Waals surface area (Å²) in [6.07, 6.45) is 5.12. The quantitative estimate of drug-likeness (QED) is 0.833. The molecular formula is C16H29NO2. The van der Waals surface area contributed by atoms with Crippen molar-refractivity contribution >= 4 is 0 Å². The molecule has 1 aliphatic heterocycles. The van der Waals surface area contributed by atoms with Crippen molar-refractivity contribution in [3.8, 4) is 0 Å². The number of rotatable bonds is 2. The van der Waals surface area contributed by atoms with Crippen molar-refractivity contribution in [1.82, 2.24) is 4.90 Å². The van der Waals surface area contributed by atoms with Crippen LogP contribution in [-0.4, -0.2) is 47.4 Å². The van der Waals surface area contributed by atoms with Crippen molar-refractivity contribution in [3.63, 3.8) is 0 Å². The molecule has 0 spiro atoms. The highest BCUT2D eigenvalue weighted by Gasteiger charge is 2.54. The highest BCUT2D eigenvalue weighted by molar-refractivity contribution is 5.05. The van der Waals surface area contributed by atoms with Gasteiger partial charge in [-0.2, -0.15) is 0 Å². The Morgan fingerprint density at radius 1 is 1.11 bits per heavy atom. The summed E-state index contributed by atoms with van der Waals surface area (Å²) in [4.78, 5) is 2.44. The fourth-order valence-corrected chi connectivity index (χ4v) is 4.85. The third kappa shape index (κ3) is 2.45. The average molecular weight is 267 g/mol. The van der Waals surface area contributed by atoms with Gasteiger partial charge in [-0.1, -0.05) is 0 Å². The largest absolute Gasteiger partial charge is 0.392 e. The summed E-state index contributed by atoms with van der Waals surface area (Å²) < 4.78 is 6.30. The molecule has 0 radical (unpaired) electrons. The second-order valence-corrected chi connectivity index (χ2v) is 7.93. The smallest absolute Gasteiger partial charge is 0.0753 e. The first-order valence-corrected chi connectivity index (χ1v) is 7.93. The zero-order valence-electron chi connectivity index (χ0n) is 12.8. The van der Waals surface area contributed by atoms with Crippen LogP contribution in [0, 0.1) is 17.8 Å². The highest BCUT2D eigenvalue weighted by atomic mass is 16.5. The van der Waals surface area contributed by atoms with Gasteiger partial charge in [0, 0.05) is 18.5 Å². The molecule has 2 saturated carbocycles. The summed E-state index contributed by atoms with van der Waals surface area (Å²) in [5.41, 5.74) is -0.0866. The lowest BCUT2D eigenvalue weighted by Gasteiger charge is -2.40. The van der Waals surface area contributed by atoms with E-state index in [0.29, 0.717) is 24.0 Å². The third-order valence-electron chi connectivity index (χ3n) is 5.49. The molecule has 0 unspecified atom stereocenters. The summed E-state index contributed by atoms with van der Waals surface area (Å²) in [5, 5.41) is 10.6. The van der Waals surface area contributed by atoms with E-state index >= 15 is 0 Å². The molecule has 0 aromatic carbocycles. The molecule has 3 nitrogen and oxygen atoms in total. The summed E-state index contributed by atoms with van der Waals surface area (Å²) in [5.74, 6) is 1.74. The van der Waals surface area contributed by atoms with E-state index in [1.807, 2.05) is 0 Å². The summed E-state index contributed by atoms with van der Waals surface area (Å²) in [7, 11) is 2.20. The number of likely N-dealkylation sites (N-methyl/N-ethyl adjacent to an activating group) is 1. The molecule has 1 N–H and O–H groups in total. The lowest BCUT2D eigenvalue weighted by molar-refractivity contribution is -0.0974.